The molecule has 0 aliphatic carbocycles. The lowest BCUT2D eigenvalue weighted by atomic mass is 10.2. The zero-order valence-electron chi connectivity index (χ0n) is 16.0. The molecule has 1 rings (SSSR count). The highest BCUT2D eigenvalue weighted by atomic mass is 35.5. The largest absolute Gasteiger partial charge is 0.493 e. The number of carbonyl (C=O) groups is 1. The molecule has 0 fully saturated rings. The van der Waals surface area contributed by atoms with Crippen LogP contribution >= 0.6 is 11.6 Å². The lowest BCUT2D eigenvalue weighted by molar-refractivity contribution is -0.130. The van der Waals surface area contributed by atoms with Gasteiger partial charge < -0.3 is 19.5 Å². The third-order valence-electron chi connectivity index (χ3n) is 3.60. The maximum absolute atomic E-state index is 12.8. The van der Waals surface area contributed by atoms with E-state index in [1.165, 1.54) is 6.08 Å². The molecule has 0 bridgehead atoms. The minimum Gasteiger partial charge on any atom is -0.493 e. The van der Waals surface area contributed by atoms with E-state index in [0.717, 1.165) is 11.6 Å². The standard InChI is InChI=1S/C20H25ClFNO4/c1-6-16(27-17(14(3)21)9-7-13(2)22)20(24)23-12-15-8-10-18(25-4)19(11-15)26-5/h7-11,16H,2,6,12H2,1,3-5H3,(H,23,24). The fourth-order valence-electron chi connectivity index (χ4n) is 2.17. The third kappa shape index (κ3) is 7.35. The van der Waals surface area contributed by atoms with Crippen molar-refractivity contribution in [1.82, 2.24) is 5.32 Å². The Morgan fingerprint density at radius 2 is 1.96 bits per heavy atom. The van der Waals surface area contributed by atoms with Gasteiger partial charge in [0, 0.05) is 6.54 Å². The van der Waals surface area contributed by atoms with Crippen LogP contribution < -0.4 is 14.8 Å². The molecule has 0 saturated carbocycles. The van der Waals surface area contributed by atoms with Crippen LogP contribution in [0.2, 0.25) is 0 Å². The van der Waals surface area contributed by atoms with E-state index in [2.05, 4.69) is 11.9 Å². The van der Waals surface area contributed by atoms with E-state index in [1.807, 2.05) is 6.07 Å². The Kier molecular flexibility index (Phi) is 9.44. The second-order valence-electron chi connectivity index (χ2n) is 5.60. The van der Waals surface area contributed by atoms with E-state index in [-0.39, 0.29) is 18.2 Å². The summed E-state index contributed by atoms with van der Waals surface area (Å²) in [6, 6.07) is 5.37. The van der Waals surface area contributed by atoms with Crippen molar-refractivity contribution in [2.24, 2.45) is 0 Å². The molecule has 1 unspecified atom stereocenters. The minimum absolute atomic E-state index is 0.212. The molecule has 1 atom stereocenters. The summed E-state index contributed by atoms with van der Waals surface area (Å²) in [5.41, 5.74) is 0.841. The molecule has 0 aliphatic rings. The summed E-state index contributed by atoms with van der Waals surface area (Å²) < 4.78 is 28.9. The van der Waals surface area contributed by atoms with Crippen LogP contribution in [0.1, 0.15) is 25.8 Å². The number of ether oxygens (including phenoxy) is 3. The second-order valence-corrected chi connectivity index (χ2v) is 6.17. The fraction of sp³-hybridized carbons (Fsp3) is 0.350. The van der Waals surface area contributed by atoms with E-state index in [4.69, 9.17) is 25.8 Å². The van der Waals surface area contributed by atoms with E-state index in [1.54, 1.807) is 40.2 Å². The Hall–Kier alpha value is -2.47. The number of nitrogens with one attached hydrogen (secondary N) is 1. The van der Waals surface area contributed by atoms with Crippen molar-refractivity contribution in [2.75, 3.05) is 14.2 Å². The average molecular weight is 398 g/mol. The molecule has 0 aliphatic heterocycles. The summed E-state index contributed by atoms with van der Waals surface area (Å²) in [5, 5.41) is 3.11. The Morgan fingerprint density at radius 1 is 1.30 bits per heavy atom. The SMILES string of the molecule is C=C(F)C=CC(OC(CC)C(=O)NCc1ccc(OC)c(OC)c1)=C(C)Cl. The van der Waals surface area contributed by atoms with Crippen molar-refractivity contribution in [3.63, 3.8) is 0 Å². The highest BCUT2D eigenvalue weighted by Gasteiger charge is 2.19. The molecule has 0 spiro atoms. The zero-order chi connectivity index (χ0) is 20.4. The molecular weight excluding hydrogens is 373 g/mol. The molecule has 1 amide bonds. The quantitative estimate of drug-likeness (QED) is 0.462. The summed E-state index contributed by atoms with van der Waals surface area (Å²) in [7, 11) is 3.10. The normalized spacial score (nSPS) is 13.0. The number of benzene rings is 1. The Balaban J connectivity index is 2.78. The molecule has 0 aromatic heterocycles. The summed E-state index contributed by atoms with van der Waals surface area (Å²) in [4.78, 5) is 12.4. The van der Waals surface area contributed by atoms with Gasteiger partial charge in [-0.15, -0.1) is 0 Å². The van der Waals surface area contributed by atoms with Crippen molar-refractivity contribution in [3.8, 4) is 11.5 Å². The first-order valence-electron chi connectivity index (χ1n) is 8.36. The van der Waals surface area contributed by atoms with E-state index in [9.17, 15) is 9.18 Å². The predicted molar refractivity (Wildman–Crippen MR) is 104 cm³/mol. The number of allylic oxidation sites excluding steroid dienone is 4. The number of methoxy groups -OCH3 is 2. The molecular formula is C20H25ClFNO4. The first kappa shape index (κ1) is 22.6. The van der Waals surface area contributed by atoms with Gasteiger partial charge in [0.25, 0.3) is 5.91 Å². The lowest BCUT2D eigenvalue weighted by Gasteiger charge is -2.19. The van der Waals surface area contributed by atoms with Crippen LogP contribution in [0.15, 0.2) is 53.5 Å². The van der Waals surface area contributed by atoms with Crippen LogP contribution in [0.3, 0.4) is 0 Å². The van der Waals surface area contributed by atoms with Crippen molar-refractivity contribution in [3.05, 3.63) is 59.1 Å². The Morgan fingerprint density at radius 3 is 2.48 bits per heavy atom. The van der Waals surface area contributed by atoms with Gasteiger partial charge in [0.05, 0.1) is 19.3 Å². The minimum atomic E-state index is -0.772. The topological polar surface area (TPSA) is 56.8 Å². The fourth-order valence-corrected chi connectivity index (χ4v) is 2.28. The van der Waals surface area contributed by atoms with Gasteiger partial charge in [-0.25, -0.2) is 4.39 Å². The number of halogens is 2. The highest BCUT2D eigenvalue weighted by Crippen LogP contribution is 2.27. The lowest BCUT2D eigenvalue weighted by Crippen LogP contribution is -2.35. The third-order valence-corrected chi connectivity index (χ3v) is 3.79. The van der Waals surface area contributed by atoms with Crippen LogP contribution in [0.4, 0.5) is 4.39 Å². The van der Waals surface area contributed by atoms with Gasteiger partial charge in [-0.1, -0.05) is 31.2 Å². The van der Waals surface area contributed by atoms with E-state index >= 15 is 0 Å². The Labute approximate surface area is 164 Å². The number of rotatable bonds is 10. The number of carbonyl (C=O) groups excluding carboxylic acids is 1. The molecule has 0 radical (unpaired) electrons. The maximum Gasteiger partial charge on any atom is 0.261 e. The van der Waals surface area contributed by atoms with Gasteiger partial charge in [0.1, 0.15) is 11.6 Å². The first-order chi connectivity index (χ1) is 12.8. The predicted octanol–water partition coefficient (Wildman–Crippen LogP) is 4.62. The molecule has 1 aromatic rings. The average Bonchev–Trinajstić information content (AvgIpc) is 2.65. The smallest absolute Gasteiger partial charge is 0.261 e. The van der Waals surface area contributed by atoms with Crippen molar-refractivity contribution < 1.29 is 23.4 Å². The van der Waals surface area contributed by atoms with Crippen molar-refractivity contribution >= 4 is 17.5 Å². The molecule has 27 heavy (non-hydrogen) atoms. The van der Waals surface area contributed by atoms with Gasteiger partial charge in [-0.2, -0.15) is 0 Å². The summed E-state index contributed by atoms with van der Waals surface area (Å²) in [6.07, 6.45) is 2.10. The molecule has 1 N–H and O–H groups in total. The summed E-state index contributed by atoms with van der Waals surface area (Å²) >= 11 is 5.96. The van der Waals surface area contributed by atoms with Crippen molar-refractivity contribution in [2.45, 2.75) is 32.9 Å². The Bertz CT molecular complexity index is 727. The number of hydrogen-bond donors (Lipinski definition) is 1. The van der Waals surface area contributed by atoms with Gasteiger partial charge in [0.2, 0.25) is 0 Å². The summed E-state index contributed by atoms with van der Waals surface area (Å²) in [6.45, 7) is 6.82. The molecule has 5 nitrogen and oxygen atoms in total. The van der Waals surface area contributed by atoms with E-state index in [0.29, 0.717) is 23.0 Å². The zero-order valence-corrected chi connectivity index (χ0v) is 16.7. The van der Waals surface area contributed by atoms with E-state index < -0.39 is 11.9 Å². The van der Waals surface area contributed by atoms with Crippen LogP contribution in [0, 0.1) is 0 Å². The molecule has 1 aromatic carbocycles. The van der Waals surface area contributed by atoms with Crippen LogP contribution in [0.5, 0.6) is 11.5 Å². The summed E-state index contributed by atoms with van der Waals surface area (Å²) in [5.74, 6) is 0.446. The number of amides is 1. The first-order valence-corrected chi connectivity index (χ1v) is 8.74. The molecule has 7 heteroatoms. The van der Waals surface area contributed by atoms with Gasteiger partial charge in [-0.3, -0.25) is 4.79 Å². The van der Waals surface area contributed by atoms with Crippen LogP contribution in [0.25, 0.3) is 0 Å². The highest BCUT2D eigenvalue weighted by molar-refractivity contribution is 6.29. The van der Waals surface area contributed by atoms with Crippen LogP contribution in [-0.2, 0) is 16.1 Å². The molecule has 0 heterocycles. The monoisotopic (exact) mass is 397 g/mol. The maximum atomic E-state index is 12.8. The van der Waals surface area contributed by atoms with Gasteiger partial charge in [-0.05, 0) is 43.2 Å². The van der Waals surface area contributed by atoms with Gasteiger partial charge >= 0.3 is 0 Å². The van der Waals surface area contributed by atoms with Gasteiger partial charge in [0.15, 0.2) is 17.6 Å². The number of hydrogen-bond acceptors (Lipinski definition) is 4. The molecule has 0 saturated heterocycles. The second kappa shape index (κ2) is 11.3. The van der Waals surface area contributed by atoms with Crippen molar-refractivity contribution in [1.29, 1.82) is 0 Å². The van der Waals surface area contributed by atoms with Crippen LogP contribution in [-0.4, -0.2) is 26.2 Å². The molecule has 148 valence electrons.